The van der Waals surface area contributed by atoms with E-state index in [0.717, 1.165) is 12.8 Å². The molecule has 7 heteroatoms. The van der Waals surface area contributed by atoms with Gasteiger partial charge in [0.25, 0.3) is 0 Å². The molecule has 0 N–H and O–H groups in total. The molecule has 5 nitrogen and oxygen atoms in total. The van der Waals surface area contributed by atoms with Crippen LogP contribution >= 0.6 is 0 Å². The van der Waals surface area contributed by atoms with Crippen LogP contribution in [-0.4, -0.2) is 58.2 Å². The van der Waals surface area contributed by atoms with Gasteiger partial charge in [-0.1, -0.05) is 96.8 Å². The molecule has 0 amide bonds. The predicted octanol–water partition coefficient (Wildman–Crippen LogP) is 1.79. The van der Waals surface area contributed by atoms with Crippen LogP contribution in [0.15, 0.2) is 0 Å². The van der Waals surface area contributed by atoms with E-state index in [1.54, 1.807) is 0 Å². The smallest absolute Gasteiger partial charge is 0.652 e. The van der Waals surface area contributed by atoms with Crippen LogP contribution < -0.4 is 15.3 Å². The van der Waals surface area contributed by atoms with Crippen molar-refractivity contribution < 1.29 is 24.9 Å². The summed E-state index contributed by atoms with van der Waals surface area (Å²) in [6, 6.07) is 0. The van der Waals surface area contributed by atoms with Crippen molar-refractivity contribution in [2.24, 2.45) is 0 Å². The number of carboxylic acid groups (broad SMARTS) is 3. The summed E-state index contributed by atoms with van der Waals surface area (Å²) >= 11 is 0. The molecule has 0 aliphatic carbocycles. The van der Waals surface area contributed by atoms with Crippen molar-refractivity contribution in [2.45, 2.75) is 110 Å². The SMILES string of the molecule is CCCCCCCCCCCCCCCCCC(=O)[O-].O=C([O-])[O-].[Mg+2].[Mg+2]. The van der Waals surface area contributed by atoms with Gasteiger partial charge in [0, 0.05) is 5.97 Å². The van der Waals surface area contributed by atoms with Gasteiger partial charge in [0.2, 0.25) is 0 Å². The number of rotatable bonds is 16. The van der Waals surface area contributed by atoms with Crippen molar-refractivity contribution in [1.82, 2.24) is 0 Å². The minimum atomic E-state index is -2.33. The zero-order valence-electron chi connectivity index (χ0n) is 16.8. The maximum atomic E-state index is 10.2. The molecule has 0 aromatic heterocycles. The van der Waals surface area contributed by atoms with Crippen molar-refractivity contribution in [3.63, 3.8) is 0 Å². The van der Waals surface area contributed by atoms with Gasteiger partial charge in [-0.25, -0.2) is 0 Å². The van der Waals surface area contributed by atoms with Gasteiger partial charge in [-0.15, -0.1) is 0 Å². The molecule has 0 aliphatic heterocycles. The van der Waals surface area contributed by atoms with Crippen molar-refractivity contribution in [2.75, 3.05) is 0 Å². The second-order valence-corrected chi connectivity index (χ2v) is 6.32. The molecule has 0 spiro atoms. The Balaban J connectivity index is -0.000000363. The van der Waals surface area contributed by atoms with E-state index in [2.05, 4.69) is 6.92 Å². The van der Waals surface area contributed by atoms with Gasteiger partial charge in [-0.2, -0.15) is 0 Å². The third-order valence-corrected chi connectivity index (χ3v) is 3.98. The fourth-order valence-electron chi connectivity index (χ4n) is 2.64. The van der Waals surface area contributed by atoms with E-state index in [1.165, 1.54) is 83.5 Å². The summed E-state index contributed by atoms with van der Waals surface area (Å²) in [6.45, 7) is 2.27. The fourth-order valence-corrected chi connectivity index (χ4v) is 2.64. The van der Waals surface area contributed by atoms with E-state index in [9.17, 15) is 9.90 Å². The van der Waals surface area contributed by atoms with Crippen molar-refractivity contribution >= 4 is 58.2 Å². The van der Waals surface area contributed by atoms with Crippen molar-refractivity contribution in [1.29, 1.82) is 0 Å². The Morgan fingerprint density at radius 3 is 1.00 bits per heavy atom. The number of aliphatic carboxylic acids is 1. The Hall–Kier alpha value is 0.272. The number of carbonyl (C=O) groups is 2. The first-order valence-electron chi connectivity index (χ1n) is 9.58. The first kappa shape index (κ1) is 33.8. The molecular weight excluding hydrogens is 357 g/mol. The van der Waals surface area contributed by atoms with Gasteiger partial charge in [0.1, 0.15) is 0 Å². The second-order valence-electron chi connectivity index (χ2n) is 6.32. The number of hydrogen-bond donors (Lipinski definition) is 0. The van der Waals surface area contributed by atoms with Crippen LogP contribution in [-0.2, 0) is 4.79 Å². The molecule has 144 valence electrons. The van der Waals surface area contributed by atoms with Gasteiger partial charge in [0.15, 0.2) is 0 Å². The van der Waals surface area contributed by atoms with Crippen LogP contribution in [0.4, 0.5) is 4.79 Å². The molecule has 0 radical (unpaired) electrons. The number of unbranched alkanes of at least 4 members (excludes halogenated alkanes) is 14. The maximum absolute atomic E-state index is 10.2. The average molecular weight is 392 g/mol. The minimum Gasteiger partial charge on any atom is -0.652 e. The van der Waals surface area contributed by atoms with Gasteiger partial charge < -0.3 is 24.9 Å². The number of hydrogen-bond acceptors (Lipinski definition) is 5. The van der Waals surface area contributed by atoms with E-state index in [4.69, 9.17) is 15.0 Å². The fraction of sp³-hybridized carbons (Fsp3) is 0.895. The van der Waals surface area contributed by atoms with Crippen molar-refractivity contribution in [3.05, 3.63) is 0 Å². The van der Waals surface area contributed by atoms with Crippen molar-refractivity contribution in [3.8, 4) is 0 Å². The molecule has 0 bridgehead atoms. The normalized spacial score (nSPS) is 9.27. The topological polar surface area (TPSA) is 103 Å². The zero-order valence-corrected chi connectivity index (χ0v) is 19.6. The van der Waals surface area contributed by atoms with Crippen LogP contribution in [0, 0.1) is 0 Å². The molecule has 0 saturated carbocycles. The molecule has 0 unspecified atom stereocenters. The van der Waals surface area contributed by atoms with Crippen LogP contribution in [0.3, 0.4) is 0 Å². The first-order chi connectivity index (χ1) is 11.5. The Morgan fingerprint density at radius 1 is 0.538 bits per heavy atom. The summed E-state index contributed by atoms with van der Waals surface area (Å²) in [5.41, 5.74) is 0. The summed E-state index contributed by atoms with van der Waals surface area (Å²) in [4.78, 5) is 18.6. The Bertz CT molecular complexity index is 285. The van der Waals surface area contributed by atoms with E-state index in [-0.39, 0.29) is 52.5 Å². The number of carboxylic acids is 1. The molecule has 0 aromatic carbocycles. The monoisotopic (exact) mass is 391 g/mol. The molecule has 0 saturated heterocycles. The second kappa shape index (κ2) is 30.0. The standard InChI is InChI=1S/C18H36O2.CH2O3.2Mg/c1-2-3-4-5-6-7-8-9-10-11-12-13-14-15-16-17-18(19)20;2-1(3)4;;/h2-17H2,1H3,(H,19,20);(H2,2,3,4);;/q;;2*+2/p-3. The predicted molar refractivity (Wildman–Crippen MR) is 101 cm³/mol. The molecular formula is C19H35Mg2O5+. The summed E-state index contributed by atoms with van der Waals surface area (Å²) in [5.74, 6) is -0.903. The van der Waals surface area contributed by atoms with Gasteiger partial charge >= 0.3 is 46.1 Å². The first-order valence-corrected chi connectivity index (χ1v) is 9.58. The summed E-state index contributed by atoms with van der Waals surface area (Å²) in [5, 5.41) is 26.9. The Morgan fingerprint density at radius 2 is 0.769 bits per heavy atom. The minimum absolute atomic E-state index is 0. The van der Waals surface area contributed by atoms with E-state index in [0.29, 0.717) is 0 Å². The van der Waals surface area contributed by atoms with Gasteiger partial charge in [-0.05, 0) is 19.0 Å². The molecule has 0 aliphatic rings. The quantitative estimate of drug-likeness (QED) is 0.294. The molecule has 0 heterocycles. The summed E-state index contributed by atoms with van der Waals surface area (Å²) in [7, 11) is 0. The van der Waals surface area contributed by atoms with E-state index in [1.807, 2.05) is 0 Å². The van der Waals surface area contributed by atoms with E-state index < -0.39 is 12.1 Å². The molecule has 26 heavy (non-hydrogen) atoms. The van der Waals surface area contributed by atoms with Crippen LogP contribution in [0.5, 0.6) is 0 Å². The maximum Gasteiger partial charge on any atom is 2.00 e. The summed E-state index contributed by atoms with van der Waals surface area (Å²) < 4.78 is 0. The van der Waals surface area contributed by atoms with Crippen LogP contribution in [0.1, 0.15) is 110 Å². The third-order valence-electron chi connectivity index (χ3n) is 3.98. The Labute approximate surface area is 192 Å². The van der Waals surface area contributed by atoms with Crippen LogP contribution in [0.2, 0.25) is 0 Å². The molecule has 0 atom stereocenters. The molecule has 0 aromatic rings. The van der Waals surface area contributed by atoms with Crippen LogP contribution in [0.25, 0.3) is 0 Å². The largest absolute Gasteiger partial charge is 2.00 e. The molecule has 0 fully saturated rings. The van der Waals surface area contributed by atoms with Gasteiger partial charge in [0.05, 0.1) is 0 Å². The van der Waals surface area contributed by atoms with E-state index >= 15 is 0 Å². The third kappa shape index (κ3) is 44.1. The molecule has 0 rings (SSSR count). The van der Waals surface area contributed by atoms with Gasteiger partial charge in [-0.3, -0.25) is 0 Å². The Kier molecular flexibility index (Phi) is 39.1. The number of carbonyl (C=O) groups excluding carboxylic acids is 2. The summed E-state index contributed by atoms with van der Waals surface area (Å²) in [6.07, 6.45) is 17.5. The average Bonchev–Trinajstić information content (AvgIpc) is 2.50. The zero-order chi connectivity index (χ0) is 18.5.